The van der Waals surface area contributed by atoms with Crippen LogP contribution in [-0.2, 0) is 11.3 Å². The van der Waals surface area contributed by atoms with E-state index >= 15 is 0 Å². The minimum atomic E-state index is 0. The molecule has 1 amide bonds. The molecule has 2 N–H and O–H groups in total. The van der Waals surface area contributed by atoms with E-state index in [9.17, 15) is 4.79 Å². The fourth-order valence-corrected chi connectivity index (χ4v) is 3.63. The Morgan fingerprint density at radius 1 is 1.38 bits per heavy atom. The van der Waals surface area contributed by atoms with Crippen LogP contribution in [0.4, 0.5) is 0 Å². The highest BCUT2D eigenvalue weighted by Gasteiger charge is 2.24. The molecule has 0 bridgehead atoms. The van der Waals surface area contributed by atoms with Gasteiger partial charge < -0.3 is 15.5 Å². The molecule has 2 aliphatic rings. The number of nitrogens with one attached hydrogen (secondary N) is 2. The van der Waals surface area contributed by atoms with Gasteiger partial charge in [-0.1, -0.05) is 0 Å². The molecule has 6 nitrogen and oxygen atoms in total. The minimum Gasteiger partial charge on any atom is -0.354 e. The second kappa shape index (κ2) is 9.39. The summed E-state index contributed by atoms with van der Waals surface area (Å²) in [5.74, 6) is 0.764. The molecule has 3 heterocycles. The van der Waals surface area contributed by atoms with Crippen molar-refractivity contribution in [1.29, 1.82) is 0 Å². The number of hydrogen-bond acceptors (Lipinski definition) is 4. The zero-order valence-corrected chi connectivity index (χ0v) is 15.4. The van der Waals surface area contributed by atoms with Gasteiger partial charge in [0.2, 0.25) is 5.91 Å². The van der Waals surface area contributed by atoms with E-state index in [2.05, 4.69) is 33.8 Å². The summed E-state index contributed by atoms with van der Waals surface area (Å²) in [5.41, 5.74) is 1.21. The first kappa shape index (κ1) is 19.2. The molecule has 0 aliphatic carbocycles. The minimum absolute atomic E-state index is 0. The van der Waals surface area contributed by atoms with Gasteiger partial charge in [0, 0.05) is 25.8 Å². The molecule has 2 unspecified atom stereocenters. The van der Waals surface area contributed by atoms with Crippen LogP contribution >= 0.6 is 12.4 Å². The second-order valence-electron chi connectivity index (χ2n) is 6.98. The topological polar surface area (TPSA) is 62.2 Å². The van der Waals surface area contributed by atoms with Crippen molar-refractivity contribution in [2.24, 2.45) is 5.92 Å². The Hall–Kier alpha value is -1.11. The lowest BCUT2D eigenvalue weighted by molar-refractivity contribution is -0.123. The van der Waals surface area contributed by atoms with Crippen LogP contribution in [0.15, 0.2) is 12.4 Å². The number of aromatic nitrogens is 2. The number of rotatable bonds is 6. The second-order valence-corrected chi connectivity index (χ2v) is 6.98. The maximum Gasteiger partial charge on any atom is 0.237 e. The van der Waals surface area contributed by atoms with Crippen LogP contribution in [-0.4, -0.2) is 59.4 Å². The van der Waals surface area contributed by atoms with Crippen molar-refractivity contribution < 1.29 is 4.79 Å². The average Bonchev–Trinajstić information content (AvgIpc) is 3.23. The van der Waals surface area contributed by atoms with Crippen molar-refractivity contribution in [3.63, 3.8) is 0 Å². The molecule has 0 saturated carbocycles. The number of nitrogens with zero attached hydrogens (tertiary/aromatic N) is 3. The quantitative estimate of drug-likeness (QED) is 0.804. The molecule has 0 aromatic carbocycles. The Balaban J connectivity index is 0.00000208. The van der Waals surface area contributed by atoms with Gasteiger partial charge in [0.05, 0.1) is 18.8 Å². The SMILES string of the molecule is Cc1cnn(CCN2CCCC(CNC(=O)C3CCCN3)C2)c1.Cl. The number of carbonyl (C=O) groups excluding carboxylic acids is 1. The zero-order valence-electron chi connectivity index (χ0n) is 14.5. The molecule has 136 valence electrons. The van der Waals surface area contributed by atoms with Gasteiger partial charge >= 0.3 is 0 Å². The highest BCUT2D eigenvalue weighted by molar-refractivity contribution is 5.85. The van der Waals surface area contributed by atoms with Gasteiger partial charge in [0.15, 0.2) is 0 Å². The molecule has 1 aromatic heterocycles. The molecule has 0 radical (unpaired) electrons. The Kier molecular flexibility index (Phi) is 7.52. The summed E-state index contributed by atoms with van der Waals surface area (Å²) in [6.07, 6.45) is 8.53. The lowest BCUT2D eigenvalue weighted by Crippen LogP contribution is -2.46. The first-order valence-corrected chi connectivity index (χ1v) is 8.93. The summed E-state index contributed by atoms with van der Waals surface area (Å²) in [7, 11) is 0. The van der Waals surface area contributed by atoms with Gasteiger partial charge in [-0.05, 0) is 57.2 Å². The van der Waals surface area contributed by atoms with Crippen LogP contribution in [0.2, 0.25) is 0 Å². The summed E-state index contributed by atoms with van der Waals surface area (Å²) in [6.45, 7) is 8.08. The molecule has 2 fully saturated rings. The molecule has 2 saturated heterocycles. The summed E-state index contributed by atoms with van der Waals surface area (Å²) in [4.78, 5) is 14.6. The standard InChI is InChI=1S/C17H29N5O.ClH/c1-14-10-20-22(12-14)9-8-21-7-3-4-15(13-21)11-19-17(23)16-5-2-6-18-16;/h10,12,15-16,18H,2-9,11,13H2,1H3,(H,19,23);1H. The van der Waals surface area contributed by atoms with Crippen molar-refractivity contribution in [3.05, 3.63) is 18.0 Å². The number of piperidine rings is 1. The number of likely N-dealkylation sites (tertiary alicyclic amines) is 1. The van der Waals surface area contributed by atoms with Crippen LogP contribution in [0.3, 0.4) is 0 Å². The normalized spacial score (nSPS) is 24.5. The van der Waals surface area contributed by atoms with E-state index in [0.717, 1.165) is 52.1 Å². The van der Waals surface area contributed by atoms with Gasteiger partial charge in [0.25, 0.3) is 0 Å². The zero-order chi connectivity index (χ0) is 16.1. The number of carbonyl (C=O) groups is 1. The van der Waals surface area contributed by atoms with E-state index in [0.29, 0.717) is 5.92 Å². The molecule has 1 aromatic rings. The molecule has 7 heteroatoms. The molecular formula is C17H30ClN5O. The Bertz CT molecular complexity index is 515. The van der Waals surface area contributed by atoms with Gasteiger partial charge in [-0.15, -0.1) is 12.4 Å². The van der Waals surface area contributed by atoms with Gasteiger partial charge in [-0.3, -0.25) is 9.48 Å². The van der Waals surface area contributed by atoms with E-state index in [1.54, 1.807) is 0 Å². The third-order valence-corrected chi connectivity index (χ3v) is 4.95. The van der Waals surface area contributed by atoms with Crippen molar-refractivity contribution in [1.82, 2.24) is 25.3 Å². The van der Waals surface area contributed by atoms with E-state index in [-0.39, 0.29) is 24.4 Å². The van der Waals surface area contributed by atoms with Crippen molar-refractivity contribution >= 4 is 18.3 Å². The lowest BCUT2D eigenvalue weighted by Gasteiger charge is -2.33. The summed E-state index contributed by atoms with van der Waals surface area (Å²) < 4.78 is 2.02. The first-order chi connectivity index (χ1) is 11.2. The number of amides is 1. The van der Waals surface area contributed by atoms with Crippen LogP contribution in [0.25, 0.3) is 0 Å². The van der Waals surface area contributed by atoms with Gasteiger partial charge in [-0.2, -0.15) is 5.10 Å². The maximum atomic E-state index is 12.1. The van der Waals surface area contributed by atoms with Crippen LogP contribution in [0.1, 0.15) is 31.2 Å². The summed E-state index contributed by atoms with van der Waals surface area (Å²) >= 11 is 0. The van der Waals surface area contributed by atoms with Crippen LogP contribution in [0.5, 0.6) is 0 Å². The maximum absolute atomic E-state index is 12.1. The Morgan fingerprint density at radius 2 is 2.25 bits per heavy atom. The highest BCUT2D eigenvalue weighted by Crippen LogP contribution is 2.16. The monoisotopic (exact) mass is 355 g/mol. The fraction of sp³-hybridized carbons (Fsp3) is 0.765. The lowest BCUT2D eigenvalue weighted by atomic mass is 9.98. The molecule has 24 heavy (non-hydrogen) atoms. The van der Waals surface area contributed by atoms with Crippen LogP contribution in [0, 0.1) is 12.8 Å². The molecule has 2 aliphatic heterocycles. The molecule has 2 atom stereocenters. The summed E-state index contributed by atoms with van der Waals surface area (Å²) in [5, 5.41) is 10.8. The number of hydrogen-bond donors (Lipinski definition) is 2. The third-order valence-electron chi connectivity index (χ3n) is 4.95. The predicted molar refractivity (Wildman–Crippen MR) is 97.4 cm³/mol. The fourth-order valence-electron chi connectivity index (χ4n) is 3.63. The predicted octanol–water partition coefficient (Wildman–Crippen LogP) is 1.19. The molecule has 3 rings (SSSR count). The largest absolute Gasteiger partial charge is 0.354 e. The molecular weight excluding hydrogens is 326 g/mol. The Labute approximate surface area is 150 Å². The highest BCUT2D eigenvalue weighted by atomic mass is 35.5. The smallest absolute Gasteiger partial charge is 0.237 e. The Morgan fingerprint density at radius 3 is 2.96 bits per heavy atom. The van der Waals surface area contributed by atoms with E-state index in [4.69, 9.17) is 0 Å². The van der Waals surface area contributed by atoms with E-state index in [1.807, 2.05) is 10.9 Å². The summed E-state index contributed by atoms with van der Waals surface area (Å²) in [6, 6.07) is 0.0396. The first-order valence-electron chi connectivity index (χ1n) is 8.93. The number of halogens is 1. The average molecular weight is 356 g/mol. The number of aryl methyl sites for hydroxylation is 1. The van der Waals surface area contributed by atoms with E-state index in [1.165, 1.54) is 18.4 Å². The van der Waals surface area contributed by atoms with Gasteiger partial charge in [0.1, 0.15) is 0 Å². The van der Waals surface area contributed by atoms with Crippen molar-refractivity contribution in [2.75, 3.05) is 32.7 Å². The van der Waals surface area contributed by atoms with Gasteiger partial charge in [-0.25, -0.2) is 0 Å². The van der Waals surface area contributed by atoms with E-state index < -0.39 is 0 Å². The van der Waals surface area contributed by atoms with Crippen molar-refractivity contribution in [2.45, 2.75) is 45.2 Å². The molecule has 0 spiro atoms. The van der Waals surface area contributed by atoms with Crippen LogP contribution < -0.4 is 10.6 Å². The van der Waals surface area contributed by atoms with Crippen molar-refractivity contribution in [3.8, 4) is 0 Å². The third kappa shape index (κ3) is 5.46.